The lowest BCUT2D eigenvalue weighted by Gasteiger charge is -2.17. The predicted octanol–water partition coefficient (Wildman–Crippen LogP) is 2.85. The molecule has 134 valence electrons. The number of halogens is 3. The molecule has 0 radical (unpaired) electrons. The van der Waals surface area contributed by atoms with Crippen LogP contribution in [0.1, 0.15) is 29.3 Å². The Morgan fingerprint density at radius 2 is 1.76 bits per heavy atom. The number of aliphatic hydroxyl groups excluding tert-OH is 2. The second-order valence-corrected chi connectivity index (χ2v) is 5.39. The molecule has 1 aromatic carbocycles. The van der Waals surface area contributed by atoms with Crippen LogP contribution in [0, 0.1) is 0 Å². The fourth-order valence-electron chi connectivity index (χ4n) is 2.47. The molecule has 2 rings (SSSR count). The van der Waals surface area contributed by atoms with Gasteiger partial charge in [-0.25, -0.2) is 4.98 Å². The van der Waals surface area contributed by atoms with Gasteiger partial charge < -0.3 is 15.3 Å². The highest BCUT2D eigenvalue weighted by Gasteiger charge is 2.40. The number of alkyl halides is 3. The van der Waals surface area contributed by atoms with Crippen LogP contribution in [0.25, 0.3) is 11.3 Å². The van der Waals surface area contributed by atoms with Gasteiger partial charge in [0.25, 0.3) is 0 Å². The number of pyridine rings is 1. The fraction of sp³-hybridized carbons (Fsp3) is 0.294. The topological polar surface area (TPSA) is 90.7 Å². The Labute approximate surface area is 141 Å². The minimum absolute atomic E-state index is 0.130. The van der Waals surface area contributed by atoms with Gasteiger partial charge >= 0.3 is 12.1 Å². The maximum atomic E-state index is 12.7. The van der Waals surface area contributed by atoms with Gasteiger partial charge in [-0.05, 0) is 29.7 Å². The zero-order chi connectivity index (χ0) is 18.6. The van der Waals surface area contributed by atoms with Crippen molar-refractivity contribution in [2.75, 3.05) is 0 Å². The number of aliphatic carboxylic acids is 1. The van der Waals surface area contributed by atoms with E-state index in [1.165, 1.54) is 12.1 Å². The van der Waals surface area contributed by atoms with E-state index >= 15 is 0 Å². The van der Waals surface area contributed by atoms with Crippen LogP contribution in [-0.2, 0) is 17.8 Å². The number of hydrogen-bond donors (Lipinski definition) is 3. The second kappa shape index (κ2) is 7.62. The van der Waals surface area contributed by atoms with Crippen molar-refractivity contribution in [1.82, 2.24) is 4.98 Å². The van der Waals surface area contributed by atoms with Gasteiger partial charge in [0.05, 0.1) is 18.0 Å². The molecule has 0 bridgehead atoms. The lowest BCUT2D eigenvalue weighted by Crippen LogP contribution is -2.21. The summed E-state index contributed by atoms with van der Waals surface area (Å²) in [5.41, 5.74) is 0.893. The Balaban J connectivity index is 2.52. The zero-order valence-electron chi connectivity index (χ0n) is 13.0. The average Bonchev–Trinajstić information content (AvgIpc) is 2.58. The van der Waals surface area contributed by atoms with Crippen LogP contribution >= 0.6 is 0 Å². The number of rotatable bonds is 6. The second-order valence-electron chi connectivity index (χ2n) is 5.39. The van der Waals surface area contributed by atoms with Crippen molar-refractivity contribution in [3.63, 3.8) is 0 Å². The molecular weight excluding hydrogens is 339 g/mol. The third-order valence-corrected chi connectivity index (χ3v) is 3.63. The van der Waals surface area contributed by atoms with Gasteiger partial charge in [-0.15, -0.1) is 0 Å². The lowest BCUT2D eigenvalue weighted by molar-refractivity contribution is -0.207. The Morgan fingerprint density at radius 1 is 1.12 bits per heavy atom. The maximum Gasteiger partial charge on any atom is 0.420 e. The summed E-state index contributed by atoms with van der Waals surface area (Å²) >= 11 is 0. The normalized spacial score (nSPS) is 12.8. The fourth-order valence-corrected chi connectivity index (χ4v) is 2.47. The van der Waals surface area contributed by atoms with Crippen LogP contribution in [-0.4, -0.2) is 32.4 Å². The van der Waals surface area contributed by atoms with E-state index in [2.05, 4.69) is 4.98 Å². The minimum Gasteiger partial charge on any atom is -0.481 e. The van der Waals surface area contributed by atoms with Gasteiger partial charge in [-0.1, -0.05) is 24.3 Å². The first-order chi connectivity index (χ1) is 11.7. The summed E-state index contributed by atoms with van der Waals surface area (Å²) in [4.78, 5) is 14.7. The van der Waals surface area contributed by atoms with Crippen LogP contribution < -0.4 is 0 Å². The van der Waals surface area contributed by atoms with Gasteiger partial charge in [-0.2, -0.15) is 13.2 Å². The molecule has 0 fully saturated rings. The molecule has 1 aromatic heterocycles. The van der Waals surface area contributed by atoms with Crippen molar-refractivity contribution in [1.29, 1.82) is 0 Å². The van der Waals surface area contributed by atoms with Crippen molar-refractivity contribution in [3.8, 4) is 11.3 Å². The molecule has 0 aliphatic rings. The smallest absolute Gasteiger partial charge is 0.420 e. The Bertz CT molecular complexity index is 762. The highest BCUT2D eigenvalue weighted by Crippen LogP contribution is 2.34. The van der Waals surface area contributed by atoms with Gasteiger partial charge in [0.1, 0.15) is 0 Å². The standard InChI is InChI=1S/C17H16F3NO4/c18-17(19,20)16(25)13-6-2-5-12(21-13)15-10(7-8-14(23)24)3-1-4-11(15)9-22/h1-6,16,22,25H,7-9H2,(H,23,24). The third kappa shape index (κ3) is 4.55. The molecule has 0 aliphatic carbocycles. The molecule has 25 heavy (non-hydrogen) atoms. The largest absolute Gasteiger partial charge is 0.481 e. The predicted molar refractivity (Wildman–Crippen MR) is 82.6 cm³/mol. The van der Waals surface area contributed by atoms with Crippen molar-refractivity contribution in [3.05, 3.63) is 53.2 Å². The molecule has 3 N–H and O–H groups in total. The van der Waals surface area contributed by atoms with Crippen LogP contribution in [0.3, 0.4) is 0 Å². The van der Waals surface area contributed by atoms with Crippen molar-refractivity contribution >= 4 is 5.97 Å². The van der Waals surface area contributed by atoms with E-state index in [1.54, 1.807) is 18.2 Å². The average molecular weight is 355 g/mol. The molecule has 1 atom stereocenters. The van der Waals surface area contributed by atoms with Gasteiger partial charge in [0.2, 0.25) is 0 Å². The summed E-state index contributed by atoms with van der Waals surface area (Å²) in [6.45, 7) is -0.385. The first-order valence-electron chi connectivity index (χ1n) is 7.39. The van der Waals surface area contributed by atoms with E-state index in [0.29, 0.717) is 16.7 Å². The molecule has 2 aromatic rings. The molecule has 1 unspecified atom stereocenters. The number of carbonyl (C=O) groups is 1. The van der Waals surface area contributed by atoms with E-state index in [9.17, 15) is 28.2 Å². The van der Waals surface area contributed by atoms with E-state index in [0.717, 1.165) is 6.07 Å². The van der Waals surface area contributed by atoms with Crippen molar-refractivity contribution in [2.45, 2.75) is 31.7 Å². The number of benzene rings is 1. The van der Waals surface area contributed by atoms with E-state index < -0.39 is 23.9 Å². The first kappa shape index (κ1) is 18.9. The number of nitrogens with zero attached hydrogens (tertiary/aromatic N) is 1. The number of aryl methyl sites for hydroxylation is 1. The first-order valence-corrected chi connectivity index (χ1v) is 7.39. The monoisotopic (exact) mass is 355 g/mol. The molecule has 0 spiro atoms. The SMILES string of the molecule is O=C(O)CCc1cccc(CO)c1-c1cccc(C(O)C(F)(F)F)n1. The molecule has 5 nitrogen and oxygen atoms in total. The molecule has 1 heterocycles. The summed E-state index contributed by atoms with van der Waals surface area (Å²) in [6.07, 6.45) is -7.62. The van der Waals surface area contributed by atoms with E-state index in [4.69, 9.17) is 5.11 Å². The van der Waals surface area contributed by atoms with Gasteiger partial charge in [-0.3, -0.25) is 4.79 Å². The molecule has 0 amide bonds. The summed E-state index contributed by atoms with van der Waals surface area (Å²) in [5.74, 6) is -1.02. The van der Waals surface area contributed by atoms with E-state index in [-0.39, 0.29) is 25.1 Å². The number of aliphatic hydroxyl groups is 2. The van der Waals surface area contributed by atoms with Crippen LogP contribution in [0.4, 0.5) is 13.2 Å². The maximum absolute atomic E-state index is 12.7. The van der Waals surface area contributed by atoms with Gasteiger partial charge in [0, 0.05) is 12.0 Å². The van der Waals surface area contributed by atoms with Crippen LogP contribution in [0.15, 0.2) is 36.4 Å². The van der Waals surface area contributed by atoms with Gasteiger partial charge in [0.15, 0.2) is 6.10 Å². The summed E-state index contributed by atoms with van der Waals surface area (Å²) in [7, 11) is 0. The third-order valence-electron chi connectivity index (χ3n) is 3.63. The van der Waals surface area contributed by atoms with Crippen molar-refractivity contribution in [2.24, 2.45) is 0 Å². The molecule has 0 saturated heterocycles. The highest BCUT2D eigenvalue weighted by atomic mass is 19.4. The van der Waals surface area contributed by atoms with Crippen LogP contribution in [0.5, 0.6) is 0 Å². The Kier molecular flexibility index (Phi) is 5.76. The van der Waals surface area contributed by atoms with Crippen LogP contribution in [0.2, 0.25) is 0 Å². The zero-order valence-corrected chi connectivity index (χ0v) is 13.0. The molecule has 8 heteroatoms. The molecule has 0 aliphatic heterocycles. The number of carboxylic acid groups (broad SMARTS) is 1. The summed E-state index contributed by atoms with van der Waals surface area (Å²) < 4.78 is 38.1. The number of carboxylic acids is 1. The minimum atomic E-state index is -4.85. The number of aromatic nitrogens is 1. The lowest BCUT2D eigenvalue weighted by atomic mass is 9.94. The number of hydrogen-bond acceptors (Lipinski definition) is 4. The molecular formula is C17H16F3NO4. The van der Waals surface area contributed by atoms with Crippen molar-refractivity contribution < 1.29 is 33.3 Å². The highest BCUT2D eigenvalue weighted by molar-refractivity contribution is 5.71. The molecule has 0 saturated carbocycles. The Morgan fingerprint density at radius 3 is 2.36 bits per heavy atom. The Hall–Kier alpha value is -2.45. The summed E-state index contributed by atoms with van der Waals surface area (Å²) in [5, 5.41) is 27.7. The van der Waals surface area contributed by atoms with E-state index in [1.807, 2.05) is 0 Å². The summed E-state index contributed by atoms with van der Waals surface area (Å²) in [6, 6.07) is 8.66. The quantitative estimate of drug-likeness (QED) is 0.741.